The van der Waals surface area contributed by atoms with Crippen molar-refractivity contribution in [2.45, 2.75) is 46.3 Å². The van der Waals surface area contributed by atoms with Crippen LogP contribution in [0.5, 0.6) is 0 Å². The van der Waals surface area contributed by atoms with E-state index in [9.17, 15) is 9.90 Å². The molecule has 0 aliphatic rings. The number of ether oxygens (including phenoxy) is 1. The van der Waals surface area contributed by atoms with E-state index in [1.807, 2.05) is 58.9 Å². The summed E-state index contributed by atoms with van der Waals surface area (Å²) in [6.45, 7) is 9.29. The van der Waals surface area contributed by atoms with Crippen molar-refractivity contribution < 1.29 is 14.6 Å². The average Bonchev–Trinajstić information content (AvgIpc) is 2.70. The number of carbonyl (C=O) groups is 1. The smallest absolute Gasteiger partial charge is 0.419 e. The highest BCUT2D eigenvalue weighted by molar-refractivity contribution is 9.10. The molecule has 0 radical (unpaired) electrons. The van der Waals surface area contributed by atoms with E-state index in [0.29, 0.717) is 5.69 Å². The number of nitrogens with zero attached hydrogens (tertiary/aromatic N) is 1. The lowest BCUT2D eigenvalue weighted by atomic mass is 10.0. The molecule has 1 heterocycles. The highest BCUT2D eigenvalue weighted by Gasteiger charge is 2.29. The lowest BCUT2D eigenvalue weighted by molar-refractivity contribution is 0.0506. The van der Waals surface area contributed by atoms with Crippen LogP contribution in [0, 0.1) is 5.92 Å². The second-order valence-corrected chi connectivity index (χ2v) is 7.51. The van der Waals surface area contributed by atoms with Crippen molar-refractivity contribution in [1.82, 2.24) is 4.57 Å². The largest absolute Gasteiger partial charge is 0.443 e. The monoisotopic (exact) mass is 367 g/mol. The quantitative estimate of drug-likeness (QED) is 0.822. The maximum Gasteiger partial charge on any atom is 0.419 e. The van der Waals surface area contributed by atoms with Gasteiger partial charge in [0, 0.05) is 9.86 Å². The van der Waals surface area contributed by atoms with Gasteiger partial charge in [-0.05, 0) is 48.7 Å². The molecule has 0 aliphatic heterocycles. The van der Waals surface area contributed by atoms with Gasteiger partial charge in [-0.1, -0.05) is 32.0 Å². The van der Waals surface area contributed by atoms with Crippen molar-refractivity contribution >= 4 is 32.9 Å². The Labute approximate surface area is 139 Å². The zero-order chi connectivity index (χ0) is 16.7. The van der Waals surface area contributed by atoms with Gasteiger partial charge in [0.05, 0.1) is 17.3 Å². The van der Waals surface area contributed by atoms with E-state index in [0.717, 1.165) is 15.4 Å². The van der Waals surface area contributed by atoms with Crippen molar-refractivity contribution in [3.63, 3.8) is 0 Å². The number of hydrogen-bond donors (Lipinski definition) is 1. The first-order valence-corrected chi connectivity index (χ1v) is 8.13. The van der Waals surface area contributed by atoms with E-state index < -0.39 is 17.8 Å². The van der Waals surface area contributed by atoms with Crippen molar-refractivity contribution in [2.75, 3.05) is 0 Å². The molecule has 0 fully saturated rings. The summed E-state index contributed by atoms with van der Waals surface area (Å²) >= 11 is 3.53. The Morgan fingerprint density at radius 3 is 2.41 bits per heavy atom. The summed E-state index contributed by atoms with van der Waals surface area (Å²) in [6, 6.07) is 7.52. The molecule has 0 bridgehead atoms. The fourth-order valence-corrected chi connectivity index (χ4v) is 3.05. The molecule has 2 aromatic rings. The fourth-order valence-electron chi connectivity index (χ4n) is 2.30. The molecule has 5 heteroatoms. The van der Waals surface area contributed by atoms with Gasteiger partial charge < -0.3 is 9.84 Å². The van der Waals surface area contributed by atoms with Crippen molar-refractivity contribution in [2.24, 2.45) is 5.92 Å². The lowest BCUT2D eigenvalue weighted by Crippen LogP contribution is -2.29. The normalized spacial score (nSPS) is 13.6. The van der Waals surface area contributed by atoms with E-state index in [1.165, 1.54) is 4.57 Å². The molecule has 0 aliphatic carbocycles. The summed E-state index contributed by atoms with van der Waals surface area (Å²) in [4.78, 5) is 12.6. The van der Waals surface area contributed by atoms with Gasteiger partial charge in [-0.2, -0.15) is 0 Å². The summed E-state index contributed by atoms with van der Waals surface area (Å²) in [5.74, 6) is -0.0261. The molecule has 1 aromatic carbocycles. The average molecular weight is 368 g/mol. The van der Waals surface area contributed by atoms with Crippen LogP contribution in [0.2, 0.25) is 0 Å². The van der Waals surface area contributed by atoms with Crippen LogP contribution in [0.25, 0.3) is 10.9 Å². The van der Waals surface area contributed by atoms with Gasteiger partial charge in [-0.3, -0.25) is 0 Å². The Morgan fingerprint density at radius 1 is 1.27 bits per heavy atom. The number of aliphatic hydroxyl groups excluding tert-OH is 1. The first-order valence-electron chi connectivity index (χ1n) is 7.33. The van der Waals surface area contributed by atoms with E-state index >= 15 is 0 Å². The maximum atomic E-state index is 12.6. The third-order valence-electron chi connectivity index (χ3n) is 3.33. The van der Waals surface area contributed by atoms with Crippen LogP contribution >= 0.6 is 15.9 Å². The van der Waals surface area contributed by atoms with Crippen molar-refractivity contribution in [3.8, 4) is 0 Å². The van der Waals surface area contributed by atoms with Crippen LogP contribution in [0.3, 0.4) is 0 Å². The molecular formula is C17H22BrNO3. The predicted octanol–water partition coefficient (Wildman–Crippen LogP) is 4.88. The molecule has 0 saturated carbocycles. The number of carbonyl (C=O) groups excluding carboxylic acids is 1. The minimum atomic E-state index is -0.769. The topological polar surface area (TPSA) is 51.5 Å². The molecule has 1 aromatic heterocycles. The molecule has 0 unspecified atom stereocenters. The van der Waals surface area contributed by atoms with E-state index in [2.05, 4.69) is 15.9 Å². The van der Waals surface area contributed by atoms with Gasteiger partial charge in [0.2, 0.25) is 0 Å². The molecule has 1 N–H and O–H groups in total. The molecule has 0 amide bonds. The van der Waals surface area contributed by atoms with Gasteiger partial charge in [-0.25, -0.2) is 9.36 Å². The zero-order valence-electron chi connectivity index (χ0n) is 13.6. The molecule has 4 nitrogen and oxygen atoms in total. The minimum Gasteiger partial charge on any atom is -0.443 e. The number of hydrogen-bond acceptors (Lipinski definition) is 3. The summed E-state index contributed by atoms with van der Waals surface area (Å²) in [5, 5.41) is 11.4. The molecule has 0 saturated heterocycles. The van der Waals surface area contributed by atoms with Crippen LogP contribution < -0.4 is 0 Å². The summed E-state index contributed by atoms with van der Waals surface area (Å²) in [5.41, 5.74) is 0.651. The Bertz CT molecular complexity index is 698. The summed E-state index contributed by atoms with van der Waals surface area (Å²) in [6.07, 6.45) is -1.25. The first kappa shape index (κ1) is 17.0. The summed E-state index contributed by atoms with van der Waals surface area (Å²) < 4.78 is 7.71. The van der Waals surface area contributed by atoms with Crippen LogP contribution in [-0.4, -0.2) is 21.4 Å². The Balaban J connectivity index is 2.69. The second-order valence-electron chi connectivity index (χ2n) is 6.72. The number of halogens is 1. The highest BCUT2D eigenvalue weighted by atomic mass is 79.9. The molecule has 1 atom stereocenters. The third-order valence-corrected chi connectivity index (χ3v) is 4.17. The number of aliphatic hydroxyl groups is 1. The Morgan fingerprint density at radius 2 is 1.86 bits per heavy atom. The van der Waals surface area contributed by atoms with E-state index in [-0.39, 0.29) is 5.92 Å². The Hall–Kier alpha value is -1.33. The van der Waals surface area contributed by atoms with Crippen LogP contribution in [0.1, 0.15) is 46.4 Å². The van der Waals surface area contributed by atoms with Crippen LogP contribution in [0.15, 0.2) is 28.7 Å². The fraction of sp³-hybridized carbons (Fsp3) is 0.471. The number of benzene rings is 1. The van der Waals surface area contributed by atoms with Crippen molar-refractivity contribution in [3.05, 3.63) is 34.4 Å². The maximum absolute atomic E-state index is 12.6. The number of rotatable bonds is 2. The molecule has 22 heavy (non-hydrogen) atoms. The van der Waals surface area contributed by atoms with Gasteiger partial charge in [-0.15, -0.1) is 0 Å². The Kier molecular flexibility index (Phi) is 4.68. The standard InChI is InChI=1S/C17H22BrNO3/c1-10(2)15(20)14-13(18)11-8-6-7-9-12(11)19(14)16(21)22-17(3,4)5/h6-10,15,20H,1-5H3/t15-/m1/s1. The molecule has 2 rings (SSSR count). The van der Waals surface area contributed by atoms with Gasteiger partial charge in [0.15, 0.2) is 0 Å². The number of para-hydroxylation sites is 1. The first-order chi connectivity index (χ1) is 10.1. The highest BCUT2D eigenvalue weighted by Crippen LogP contribution is 2.37. The van der Waals surface area contributed by atoms with Crippen molar-refractivity contribution in [1.29, 1.82) is 0 Å². The van der Waals surface area contributed by atoms with Gasteiger partial charge in [0.25, 0.3) is 0 Å². The second kappa shape index (κ2) is 6.05. The van der Waals surface area contributed by atoms with E-state index in [1.54, 1.807) is 0 Å². The number of fused-ring (bicyclic) bond motifs is 1. The SMILES string of the molecule is CC(C)[C@@H](O)c1c(Br)c2ccccc2n1C(=O)OC(C)(C)C. The third kappa shape index (κ3) is 3.20. The molecule has 120 valence electrons. The lowest BCUT2D eigenvalue weighted by Gasteiger charge is -2.23. The van der Waals surface area contributed by atoms with Crippen LogP contribution in [0.4, 0.5) is 4.79 Å². The minimum absolute atomic E-state index is 0.0261. The van der Waals surface area contributed by atoms with E-state index in [4.69, 9.17) is 4.74 Å². The number of aromatic nitrogens is 1. The van der Waals surface area contributed by atoms with Crippen LogP contribution in [-0.2, 0) is 4.74 Å². The summed E-state index contributed by atoms with van der Waals surface area (Å²) in [7, 11) is 0. The molecule has 0 spiro atoms. The van der Waals surface area contributed by atoms with Gasteiger partial charge >= 0.3 is 6.09 Å². The zero-order valence-corrected chi connectivity index (χ0v) is 15.1. The molecular weight excluding hydrogens is 346 g/mol. The van der Waals surface area contributed by atoms with Gasteiger partial charge in [0.1, 0.15) is 5.60 Å². The predicted molar refractivity (Wildman–Crippen MR) is 91.1 cm³/mol.